The van der Waals surface area contributed by atoms with Gasteiger partial charge in [0.05, 0.1) is 26.1 Å². The van der Waals surface area contributed by atoms with Gasteiger partial charge in [0, 0.05) is 108 Å². The lowest BCUT2D eigenvalue weighted by atomic mass is 9.90. The number of benzene rings is 10. The standard InChI is InChI=1S/C49H50N4O9S2.C47H47N3O8S2/c1-4-52(32-36-9-6-8-34(3)28-36)41-19-14-38(15-20-41)48(39-16-21-42(22-17-39)53(5-2)33-37-10-7-11-44(29-37)63(57,58)59)45-25-18-40(30-46(45)64(60,61)62)49(56)51-31-47(55)50-27-26-35-12-23-43(54)24-13-35;1-4-49(31-35-9-6-8-33(3)28-35)40-19-14-37(15-20-40)46(38-16-21-41(22-17-38)50(5-2)32-36-10-7-11-43(29-36)59(53,54)55)44-25-18-39(30-45(44)60(56,57)58)47(52)48-27-26-34-12-23-42(51)24-13-34/h6-25,28-30H,4-5,26-27,31-33H2,1-3H3,(H4-,50,51,54,55,56,57,58,59,60,61,62);6-25,28-30H,4-5,26-27,31-32H2,1-3H3,(H3-,48,51,52,53,54,55,56,57,58)/p-2. The van der Waals surface area contributed by atoms with Crippen LogP contribution in [0.5, 0.6) is 11.5 Å². The van der Waals surface area contributed by atoms with Crippen molar-refractivity contribution in [3.63, 3.8) is 0 Å². The summed E-state index contributed by atoms with van der Waals surface area (Å²) in [6, 6.07) is 63.9. The van der Waals surface area contributed by atoms with Crippen LogP contribution in [0.25, 0.3) is 11.1 Å². The molecule has 5 N–H and O–H groups in total. The fourth-order valence-electron chi connectivity index (χ4n) is 14.5. The van der Waals surface area contributed by atoms with Crippen molar-refractivity contribution in [1.82, 2.24) is 16.0 Å². The summed E-state index contributed by atoms with van der Waals surface area (Å²) in [5.41, 5.74) is 14.3. The smallest absolute Gasteiger partial charge is 0.251 e. The maximum Gasteiger partial charge on any atom is 0.251 e. The van der Waals surface area contributed by atoms with Gasteiger partial charge in [-0.1, -0.05) is 132 Å². The second-order valence-corrected chi connectivity index (χ2v) is 35.1. The fourth-order valence-corrected chi connectivity index (χ4v) is 17.0. The highest BCUT2D eigenvalue weighted by Crippen LogP contribution is 2.38. The van der Waals surface area contributed by atoms with E-state index in [0.717, 1.165) is 74.9 Å². The molecule has 0 bridgehead atoms. The molecule has 0 aromatic heterocycles. The summed E-state index contributed by atoms with van der Waals surface area (Å²) in [7, 11) is -19.6. The molecule has 0 radical (unpaired) electrons. The quantitative estimate of drug-likeness (QED) is 0.0193. The predicted octanol–water partition coefficient (Wildman–Crippen LogP) is 13.3. The van der Waals surface area contributed by atoms with Crippen LogP contribution in [0.2, 0.25) is 0 Å². The average molecular weight is 1750 g/mol. The van der Waals surface area contributed by atoms with Crippen LogP contribution in [0.3, 0.4) is 0 Å². The van der Waals surface area contributed by atoms with E-state index in [4.69, 9.17) is 0 Å². The Morgan fingerprint density at radius 2 is 0.726 bits per heavy atom. The number of phenolic OH excluding ortho intramolecular Hbond substituents is 2. The molecule has 10 aromatic carbocycles. The van der Waals surface area contributed by atoms with Gasteiger partial charge in [-0.25, -0.2) is 42.8 Å². The summed E-state index contributed by atoms with van der Waals surface area (Å²) < 4.78 is 153. The zero-order valence-electron chi connectivity index (χ0n) is 69.2. The molecule has 0 aliphatic heterocycles. The number of hydrogen-bond donors (Lipinski definition) is 5. The average Bonchev–Trinajstić information content (AvgIpc) is 0.771. The van der Waals surface area contributed by atoms with E-state index in [1.807, 2.05) is 134 Å². The number of amides is 3. The van der Waals surface area contributed by atoms with Crippen LogP contribution in [0.1, 0.15) is 115 Å². The van der Waals surface area contributed by atoms with Gasteiger partial charge in [0.2, 0.25) is 5.91 Å². The molecule has 124 heavy (non-hydrogen) atoms. The SMILES string of the molecule is CCN(Cc1cccc(S(=O)(=O)[O-])c1)c1ccc(C(=C2C=CC(=[N+](CC)Cc3cccc(C)c3)C=C2)c2ccc(C(=O)NCC(=O)NCCc3ccc(O)cc3)cc2S(=O)(=O)[O-])cc1.CCN(Cc1cccc(S(=O)(=O)[O-])c1)c1ccc(C(=C2C=CC(=[N+](CC)Cc3cccc(C)c3)C=C2)c2ccc(C(=O)NCCc3ccc(O)cc3)cc2S(=O)(=O)[O-])cc1. The number of anilines is 2. The Labute approximate surface area is 724 Å². The van der Waals surface area contributed by atoms with Crippen LogP contribution in [-0.2, 0) is 84.3 Å². The third kappa shape index (κ3) is 25.0. The molecule has 12 rings (SSSR count). The molecule has 24 nitrogen and oxygen atoms in total. The van der Waals surface area contributed by atoms with E-state index in [1.54, 1.807) is 72.8 Å². The largest absolute Gasteiger partial charge is 0.744 e. The summed E-state index contributed by atoms with van der Waals surface area (Å²) in [6.45, 7) is 16.6. The fraction of sp³-hybridized carbons (Fsp3) is 0.198. The third-order valence-corrected chi connectivity index (χ3v) is 24.3. The molecule has 642 valence electrons. The van der Waals surface area contributed by atoms with E-state index >= 15 is 0 Å². The first-order chi connectivity index (χ1) is 59.1. The Hall–Kier alpha value is -12.8. The molecule has 28 heteroatoms. The summed E-state index contributed by atoms with van der Waals surface area (Å²) in [6.07, 6.45) is 16.2. The molecule has 0 fully saturated rings. The highest BCUT2D eigenvalue weighted by atomic mass is 32.2. The third-order valence-electron chi connectivity index (χ3n) is 20.9. The molecule has 0 saturated carbocycles. The zero-order valence-corrected chi connectivity index (χ0v) is 72.5. The molecule has 3 amide bonds. The second kappa shape index (κ2) is 41.4. The summed E-state index contributed by atoms with van der Waals surface area (Å²) >= 11 is 0. The van der Waals surface area contributed by atoms with E-state index in [0.29, 0.717) is 96.7 Å². The highest BCUT2D eigenvalue weighted by Gasteiger charge is 2.26. The summed E-state index contributed by atoms with van der Waals surface area (Å²) in [4.78, 5) is 41.3. The lowest BCUT2D eigenvalue weighted by Crippen LogP contribution is -2.37. The normalized spacial score (nSPS) is 12.6. The summed E-state index contributed by atoms with van der Waals surface area (Å²) in [5, 5.41) is 27.0. The highest BCUT2D eigenvalue weighted by molar-refractivity contribution is 7.86. The first kappa shape index (κ1) is 92.0. The molecule has 10 aromatic rings. The number of nitrogens with zero attached hydrogens (tertiary/aromatic N) is 4. The van der Waals surface area contributed by atoms with Crippen LogP contribution < -0.4 is 25.8 Å². The van der Waals surface area contributed by atoms with E-state index in [2.05, 4.69) is 76.2 Å². The number of nitrogens with one attached hydrogen (secondary N) is 3. The minimum absolute atomic E-state index is 0.00565. The van der Waals surface area contributed by atoms with Gasteiger partial charge >= 0.3 is 0 Å². The minimum Gasteiger partial charge on any atom is -0.744 e. The van der Waals surface area contributed by atoms with Gasteiger partial charge in [-0.15, -0.1) is 0 Å². The molecule has 0 spiro atoms. The number of carbonyl (C=O) groups is 3. The van der Waals surface area contributed by atoms with Crippen LogP contribution in [0, 0.1) is 13.8 Å². The van der Waals surface area contributed by atoms with Crippen LogP contribution in [-0.4, -0.2) is 146 Å². The molecule has 2 aliphatic carbocycles. The lowest BCUT2D eigenvalue weighted by Gasteiger charge is -2.25. The Morgan fingerprint density at radius 3 is 1.08 bits per heavy atom. The molecule has 0 heterocycles. The van der Waals surface area contributed by atoms with Gasteiger partial charge in [-0.05, 0) is 244 Å². The van der Waals surface area contributed by atoms with Crippen LogP contribution in [0.4, 0.5) is 11.4 Å². The van der Waals surface area contributed by atoms with Crippen molar-refractivity contribution in [3.05, 3.63) is 368 Å². The van der Waals surface area contributed by atoms with E-state index in [9.17, 15) is 76.5 Å². The number of aromatic hydroxyl groups is 2. The lowest BCUT2D eigenvalue weighted by molar-refractivity contribution is -0.539. The monoisotopic (exact) mass is 1750 g/mol. The molecule has 0 saturated heterocycles. The number of phenols is 2. The van der Waals surface area contributed by atoms with Crippen molar-refractivity contribution in [2.24, 2.45) is 0 Å². The van der Waals surface area contributed by atoms with Gasteiger partial charge in [0.1, 0.15) is 65.1 Å². The Balaban J connectivity index is 0.000000242. The Morgan fingerprint density at radius 1 is 0.371 bits per heavy atom. The minimum atomic E-state index is -5.19. The molecular formula is C96H95N7O17S4-2. The number of hydrogen-bond acceptors (Lipinski definition) is 19. The van der Waals surface area contributed by atoms with Crippen molar-refractivity contribution in [2.45, 2.75) is 100 Å². The number of carbonyl (C=O) groups excluding carboxylic acids is 3. The van der Waals surface area contributed by atoms with E-state index in [1.165, 1.54) is 60.7 Å². The molecular weight excluding hydrogens is 1650 g/mol. The number of aryl methyl sites for hydroxylation is 2. The van der Waals surface area contributed by atoms with Crippen molar-refractivity contribution in [2.75, 3.05) is 55.6 Å². The number of allylic oxidation sites excluding steroid dienone is 10. The van der Waals surface area contributed by atoms with E-state index in [-0.39, 0.29) is 63.2 Å². The van der Waals surface area contributed by atoms with Gasteiger partial charge in [-0.3, -0.25) is 14.4 Å². The molecule has 0 atom stereocenters. The van der Waals surface area contributed by atoms with E-state index < -0.39 is 74.5 Å². The van der Waals surface area contributed by atoms with Crippen molar-refractivity contribution < 1.29 is 85.6 Å². The van der Waals surface area contributed by atoms with Gasteiger partial charge in [-0.2, -0.15) is 0 Å². The van der Waals surface area contributed by atoms with Crippen molar-refractivity contribution >= 4 is 92.1 Å². The van der Waals surface area contributed by atoms with Gasteiger partial charge < -0.3 is 54.2 Å². The Bertz CT molecular complexity index is 6360. The first-order valence-corrected chi connectivity index (χ1v) is 45.7. The zero-order chi connectivity index (χ0) is 89.0. The molecule has 0 unspecified atom stereocenters. The van der Waals surface area contributed by atoms with Crippen molar-refractivity contribution in [1.29, 1.82) is 0 Å². The number of rotatable bonds is 32. The van der Waals surface area contributed by atoms with Gasteiger partial charge in [0.15, 0.2) is 24.5 Å². The molecule has 2 aliphatic rings. The van der Waals surface area contributed by atoms with Crippen LogP contribution in [0.15, 0.2) is 310 Å². The topological polar surface area (TPSA) is 369 Å². The maximum atomic E-state index is 13.3. The van der Waals surface area contributed by atoms with Crippen molar-refractivity contribution in [3.8, 4) is 11.5 Å². The van der Waals surface area contributed by atoms with Crippen LogP contribution >= 0.6 is 0 Å². The van der Waals surface area contributed by atoms with Gasteiger partial charge in [0.25, 0.3) is 11.8 Å². The maximum absolute atomic E-state index is 13.3. The predicted molar refractivity (Wildman–Crippen MR) is 475 cm³/mol. The first-order valence-electron chi connectivity index (χ1n) is 40.1. The Kier molecular flexibility index (Phi) is 30.7. The second-order valence-electron chi connectivity index (χ2n) is 29.6. The summed E-state index contributed by atoms with van der Waals surface area (Å²) in [5.74, 6) is -1.53.